The molecule has 0 saturated heterocycles. The highest BCUT2D eigenvalue weighted by atomic mass is 16.5. The number of methoxy groups -OCH3 is 1. The Morgan fingerprint density at radius 1 is 1.35 bits per heavy atom. The lowest BCUT2D eigenvalue weighted by Gasteiger charge is -2.31. The Bertz CT molecular complexity index is 327. The van der Waals surface area contributed by atoms with Gasteiger partial charge in [0, 0.05) is 13.2 Å². The van der Waals surface area contributed by atoms with Crippen molar-refractivity contribution in [2.45, 2.75) is 51.6 Å². The predicted molar refractivity (Wildman–Crippen MR) is 75.6 cm³/mol. The van der Waals surface area contributed by atoms with Gasteiger partial charge in [0.05, 0.1) is 12.6 Å². The minimum Gasteiger partial charge on any atom is -0.480 e. The van der Waals surface area contributed by atoms with Gasteiger partial charge >= 0.3 is 12.0 Å². The summed E-state index contributed by atoms with van der Waals surface area (Å²) in [6.45, 7) is 4.19. The Morgan fingerprint density at radius 2 is 1.95 bits per heavy atom. The summed E-state index contributed by atoms with van der Waals surface area (Å²) in [5.41, 5.74) is 0. The molecule has 0 spiro atoms. The lowest BCUT2D eigenvalue weighted by Crippen LogP contribution is -2.52. The van der Waals surface area contributed by atoms with Crippen LogP contribution in [0.25, 0.3) is 0 Å². The summed E-state index contributed by atoms with van der Waals surface area (Å²) in [5.74, 6) is -0.742. The van der Waals surface area contributed by atoms with Crippen LogP contribution in [-0.2, 0) is 9.53 Å². The van der Waals surface area contributed by atoms with Crippen LogP contribution in [0.15, 0.2) is 0 Å². The van der Waals surface area contributed by atoms with Gasteiger partial charge in [0.1, 0.15) is 6.54 Å². The molecular formula is C14H26N2O4. The summed E-state index contributed by atoms with van der Waals surface area (Å²) >= 11 is 0. The number of urea groups is 1. The van der Waals surface area contributed by atoms with Crippen LogP contribution in [-0.4, -0.2) is 54.4 Å². The van der Waals surface area contributed by atoms with Crippen molar-refractivity contribution in [1.29, 1.82) is 0 Å². The van der Waals surface area contributed by atoms with E-state index in [1.165, 1.54) is 4.90 Å². The molecule has 0 heterocycles. The predicted octanol–water partition coefficient (Wildman–Crippen LogP) is 1.70. The Labute approximate surface area is 120 Å². The van der Waals surface area contributed by atoms with Gasteiger partial charge in [-0.3, -0.25) is 4.79 Å². The molecule has 1 aliphatic carbocycles. The van der Waals surface area contributed by atoms with Crippen molar-refractivity contribution < 1.29 is 19.4 Å². The van der Waals surface area contributed by atoms with E-state index in [-0.39, 0.29) is 30.6 Å². The van der Waals surface area contributed by atoms with Gasteiger partial charge < -0.3 is 20.1 Å². The first-order chi connectivity index (χ1) is 9.45. The molecule has 1 fully saturated rings. The molecule has 0 aromatic heterocycles. The van der Waals surface area contributed by atoms with Crippen molar-refractivity contribution >= 4 is 12.0 Å². The maximum atomic E-state index is 12.4. The van der Waals surface area contributed by atoms with E-state index in [1.807, 2.05) is 13.8 Å². The minimum atomic E-state index is -0.972. The van der Waals surface area contributed by atoms with Gasteiger partial charge in [-0.1, -0.05) is 26.7 Å². The fourth-order valence-electron chi connectivity index (χ4n) is 2.55. The molecule has 2 amide bonds. The monoisotopic (exact) mass is 286 g/mol. The molecule has 0 aromatic carbocycles. The largest absolute Gasteiger partial charge is 0.480 e. The summed E-state index contributed by atoms with van der Waals surface area (Å²) in [6, 6.07) is -0.360. The van der Waals surface area contributed by atoms with Gasteiger partial charge in [-0.15, -0.1) is 0 Å². The molecule has 1 atom stereocenters. The van der Waals surface area contributed by atoms with Crippen molar-refractivity contribution in [3.63, 3.8) is 0 Å². The fourth-order valence-corrected chi connectivity index (χ4v) is 2.55. The second-order valence-electron chi connectivity index (χ2n) is 5.72. The number of aliphatic carboxylic acids is 1. The molecule has 1 aliphatic rings. The normalized spacial score (nSPS) is 17.2. The second-order valence-corrected chi connectivity index (χ2v) is 5.72. The van der Waals surface area contributed by atoms with Gasteiger partial charge in [-0.2, -0.15) is 0 Å². The van der Waals surface area contributed by atoms with Crippen LogP contribution in [0.4, 0.5) is 4.79 Å². The smallest absolute Gasteiger partial charge is 0.323 e. The van der Waals surface area contributed by atoms with E-state index in [0.29, 0.717) is 6.61 Å². The molecule has 2 N–H and O–H groups in total. The van der Waals surface area contributed by atoms with Gasteiger partial charge in [0.15, 0.2) is 0 Å². The first-order valence-corrected chi connectivity index (χ1v) is 7.23. The van der Waals surface area contributed by atoms with Crippen LogP contribution in [0.3, 0.4) is 0 Å². The standard InChI is InChI=1S/C14H26N2O4/c1-10(2)12(9-20-3)15-14(19)16(8-13(17)18)11-6-4-5-7-11/h10-12H,4-9H2,1-3H3,(H,15,19)(H,17,18). The number of carbonyl (C=O) groups is 2. The first-order valence-electron chi connectivity index (χ1n) is 7.23. The summed E-state index contributed by atoms with van der Waals surface area (Å²) in [4.78, 5) is 24.8. The number of carbonyl (C=O) groups excluding carboxylic acids is 1. The van der Waals surface area contributed by atoms with Gasteiger partial charge in [0.25, 0.3) is 0 Å². The lowest BCUT2D eigenvalue weighted by molar-refractivity contribution is -0.138. The lowest BCUT2D eigenvalue weighted by atomic mass is 10.1. The van der Waals surface area contributed by atoms with Gasteiger partial charge in [-0.05, 0) is 18.8 Å². The molecule has 0 aromatic rings. The highest BCUT2D eigenvalue weighted by molar-refractivity contribution is 5.80. The topological polar surface area (TPSA) is 78.9 Å². The number of hydrogen-bond acceptors (Lipinski definition) is 3. The Morgan fingerprint density at radius 3 is 2.40 bits per heavy atom. The number of amides is 2. The number of nitrogens with one attached hydrogen (secondary N) is 1. The van der Waals surface area contributed by atoms with Crippen LogP contribution >= 0.6 is 0 Å². The average Bonchev–Trinajstić information content (AvgIpc) is 2.88. The van der Waals surface area contributed by atoms with E-state index < -0.39 is 5.97 Å². The third-order valence-corrected chi connectivity index (χ3v) is 3.79. The van der Waals surface area contributed by atoms with Crippen LogP contribution in [0.1, 0.15) is 39.5 Å². The quantitative estimate of drug-likeness (QED) is 0.746. The van der Waals surface area contributed by atoms with E-state index in [1.54, 1.807) is 7.11 Å². The molecule has 1 rings (SSSR count). The average molecular weight is 286 g/mol. The molecular weight excluding hydrogens is 260 g/mol. The summed E-state index contributed by atoms with van der Waals surface area (Å²) in [5, 5.41) is 11.9. The molecule has 0 radical (unpaired) electrons. The molecule has 6 heteroatoms. The maximum absolute atomic E-state index is 12.4. The van der Waals surface area contributed by atoms with E-state index >= 15 is 0 Å². The minimum absolute atomic E-state index is 0.0430. The van der Waals surface area contributed by atoms with E-state index in [9.17, 15) is 9.59 Å². The van der Waals surface area contributed by atoms with E-state index in [0.717, 1.165) is 25.7 Å². The second kappa shape index (κ2) is 8.09. The van der Waals surface area contributed by atoms with E-state index in [4.69, 9.17) is 9.84 Å². The molecule has 20 heavy (non-hydrogen) atoms. The number of hydrogen-bond donors (Lipinski definition) is 2. The zero-order chi connectivity index (χ0) is 15.1. The van der Waals surface area contributed by atoms with Crippen molar-refractivity contribution in [1.82, 2.24) is 10.2 Å². The molecule has 0 aliphatic heterocycles. The zero-order valence-electron chi connectivity index (χ0n) is 12.6. The Kier molecular flexibility index (Phi) is 6.78. The number of carboxylic acids is 1. The fraction of sp³-hybridized carbons (Fsp3) is 0.857. The Hall–Kier alpha value is -1.30. The number of carboxylic acid groups (broad SMARTS) is 1. The van der Waals surface area contributed by atoms with Crippen LogP contribution in [0, 0.1) is 5.92 Å². The summed E-state index contributed by atoms with van der Waals surface area (Å²) < 4.78 is 5.10. The van der Waals surface area contributed by atoms with Crippen molar-refractivity contribution in [2.24, 2.45) is 5.92 Å². The molecule has 1 saturated carbocycles. The van der Waals surface area contributed by atoms with Gasteiger partial charge in [0.2, 0.25) is 0 Å². The third kappa shape index (κ3) is 5.00. The number of ether oxygens (including phenoxy) is 1. The summed E-state index contributed by atoms with van der Waals surface area (Å²) in [6.07, 6.45) is 3.88. The first kappa shape index (κ1) is 16.8. The van der Waals surface area contributed by atoms with Crippen LogP contribution in [0.2, 0.25) is 0 Å². The SMILES string of the molecule is COCC(NC(=O)N(CC(=O)O)C1CCCC1)C(C)C. The van der Waals surface area contributed by atoms with Gasteiger partial charge in [-0.25, -0.2) is 4.79 Å². The van der Waals surface area contributed by atoms with Crippen LogP contribution in [0.5, 0.6) is 0 Å². The van der Waals surface area contributed by atoms with Crippen LogP contribution < -0.4 is 5.32 Å². The molecule has 1 unspecified atom stereocenters. The summed E-state index contributed by atoms with van der Waals surface area (Å²) in [7, 11) is 1.59. The third-order valence-electron chi connectivity index (χ3n) is 3.79. The maximum Gasteiger partial charge on any atom is 0.323 e. The van der Waals surface area contributed by atoms with Crippen molar-refractivity contribution in [3.8, 4) is 0 Å². The highest BCUT2D eigenvalue weighted by Crippen LogP contribution is 2.23. The number of nitrogens with zero attached hydrogens (tertiary/aromatic N) is 1. The number of rotatable bonds is 7. The highest BCUT2D eigenvalue weighted by Gasteiger charge is 2.30. The zero-order valence-corrected chi connectivity index (χ0v) is 12.6. The molecule has 0 bridgehead atoms. The molecule has 116 valence electrons. The van der Waals surface area contributed by atoms with E-state index in [2.05, 4.69) is 5.32 Å². The van der Waals surface area contributed by atoms with Crippen molar-refractivity contribution in [3.05, 3.63) is 0 Å². The molecule has 6 nitrogen and oxygen atoms in total. The van der Waals surface area contributed by atoms with Crippen molar-refractivity contribution in [2.75, 3.05) is 20.3 Å². The Balaban J connectivity index is 2.68.